The van der Waals surface area contributed by atoms with E-state index in [0.717, 1.165) is 30.4 Å². The maximum atomic E-state index is 13.8. The highest BCUT2D eigenvalue weighted by Crippen LogP contribution is 2.34. The molecule has 3 unspecified atom stereocenters. The van der Waals surface area contributed by atoms with Gasteiger partial charge in [-0.1, -0.05) is 26.3 Å². The molecule has 3 heteroatoms. The van der Waals surface area contributed by atoms with E-state index in [1.54, 1.807) is 12.1 Å². The average Bonchev–Trinajstić information content (AvgIpc) is 2.85. The van der Waals surface area contributed by atoms with Gasteiger partial charge in [-0.15, -0.1) is 0 Å². The van der Waals surface area contributed by atoms with Crippen molar-refractivity contribution in [2.75, 3.05) is 13.7 Å². The summed E-state index contributed by atoms with van der Waals surface area (Å²) in [5.41, 5.74) is 1.05. The van der Waals surface area contributed by atoms with Gasteiger partial charge < -0.3 is 10.1 Å². The lowest BCUT2D eigenvalue weighted by molar-refractivity contribution is 0.352. The number of methoxy groups -OCH3 is 1. The Morgan fingerprint density at radius 1 is 1.40 bits per heavy atom. The van der Waals surface area contributed by atoms with Crippen LogP contribution >= 0.6 is 0 Å². The molecular formula is C17H26FNO. The fraction of sp³-hybridized carbons (Fsp3) is 0.647. The maximum absolute atomic E-state index is 13.8. The Hall–Kier alpha value is -1.09. The van der Waals surface area contributed by atoms with E-state index in [4.69, 9.17) is 4.74 Å². The maximum Gasteiger partial charge on any atom is 0.165 e. The fourth-order valence-electron chi connectivity index (χ4n) is 3.38. The molecule has 1 N–H and O–H groups in total. The molecule has 3 atom stereocenters. The molecule has 0 saturated heterocycles. The predicted molar refractivity (Wildman–Crippen MR) is 80.6 cm³/mol. The average molecular weight is 279 g/mol. The van der Waals surface area contributed by atoms with E-state index in [2.05, 4.69) is 19.2 Å². The first-order valence-electron chi connectivity index (χ1n) is 7.69. The zero-order valence-electron chi connectivity index (χ0n) is 12.8. The summed E-state index contributed by atoms with van der Waals surface area (Å²) >= 11 is 0. The van der Waals surface area contributed by atoms with Gasteiger partial charge in [0, 0.05) is 6.04 Å². The SMILES string of the molecule is CCNC(Cc1ccc(OC)c(F)c1)C1CCC(C)C1. The Kier molecular flexibility index (Phi) is 5.41. The summed E-state index contributed by atoms with van der Waals surface area (Å²) in [6.45, 7) is 5.43. The van der Waals surface area contributed by atoms with Crippen LogP contribution in [-0.4, -0.2) is 19.7 Å². The van der Waals surface area contributed by atoms with Crippen molar-refractivity contribution in [2.24, 2.45) is 11.8 Å². The van der Waals surface area contributed by atoms with Crippen LogP contribution < -0.4 is 10.1 Å². The topological polar surface area (TPSA) is 21.3 Å². The first-order valence-corrected chi connectivity index (χ1v) is 7.69. The van der Waals surface area contributed by atoms with Crippen molar-refractivity contribution >= 4 is 0 Å². The molecule has 0 aromatic heterocycles. The van der Waals surface area contributed by atoms with Gasteiger partial charge in [-0.25, -0.2) is 4.39 Å². The van der Waals surface area contributed by atoms with E-state index in [0.29, 0.717) is 11.8 Å². The summed E-state index contributed by atoms with van der Waals surface area (Å²) in [6, 6.07) is 5.77. The van der Waals surface area contributed by atoms with Gasteiger partial charge in [0.1, 0.15) is 0 Å². The lowest BCUT2D eigenvalue weighted by atomic mass is 9.91. The van der Waals surface area contributed by atoms with Crippen LogP contribution in [0.25, 0.3) is 0 Å². The molecule has 0 aliphatic heterocycles. The first-order chi connectivity index (χ1) is 9.63. The summed E-state index contributed by atoms with van der Waals surface area (Å²) in [5.74, 6) is 1.60. The molecule has 1 aliphatic carbocycles. The van der Waals surface area contributed by atoms with Crippen LogP contribution in [0.3, 0.4) is 0 Å². The van der Waals surface area contributed by atoms with Gasteiger partial charge in [0.25, 0.3) is 0 Å². The second kappa shape index (κ2) is 7.07. The number of halogens is 1. The van der Waals surface area contributed by atoms with E-state index >= 15 is 0 Å². The van der Waals surface area contributed by atoms with Gasteiger partial charge in [-0.2, -0.15) is 0 Å². The lowest BCUT2D eigenvalue weighted by Crippen LogP contribution is -2.37. The third-order valence-corrected chi connectivity index (χ3v) is 4.44. The van der Waals surface area contributed by atoms with Crippen LogP contribution in [0, 0.1) is 17.7 Å². The number of ether oxygens (including phenoxy) is 1. The predicted octanol–water partition coefficient (Wildman–Crippen LogP) is 3.79. The Morgan fingerprint density at radius 2 is 2.20 bits per heavy atom. The molecule has 2 nitrogen and oxygen atoms in total. The van der Waals surface area contributed by atoms with Crippen molar-refractivity contribution in [3.8, 4) is 5.75 Å². The smallest absolute Gasteiger partial charge is 0.165 e. The van der Waals surface area contributed by atoms with E-state index in [1.165, 1.54) is 26.4 Å². The highest BCUT2D eigenvalue weighted by atomic mass is 19.1. The summed E-state index contributed by atoms with van der Waals surface area (Å²) in [5, 5.41) is 3.59. The molecular weight excluding hydrogens is 253 g/mol. The summed E-state index contributed by atoms with van der Waals surface area (Å²) in [4.78, 5) is 0. The normalized spacial score (nSPS) is 23.8. The van der Waals surface area contributed by atoms with Gasteiger partial charge in [0.2, 0.25) is 0 Å². The number of hydrogen-bond acceptors (Lipinski definition) is 2. The molecule has 1 aromatic rings. The van der Waals surface area contributed by atoms with Crippen molar-refractivity contribution in [2.45, 2.75) is 45.6 Å². The van der Waals surface area contributed by atoms with E-state index in [1.807, 2.05) is 6.07 Å². The number of likely N-dealkylation sites (N-methyl/N-ethyl adjacent to an activating group) is 1. The largest absolute Gasteiger partial charge is 0.494 e. The summed E-state index contributed by atoms with van der Waals surface area (Å²) in [7, 11) is 1.50. The van der Waals surface area contributed by atoms with Crippen molar-refractivity contribution in [1.82, 2.24) is 5.32 Å². The van der Waals surface area contributed by atoms with Crippen LogP contribution in [0.1, 0.15) is 38.7 Å². The van der Waals surface area contributed by atoms with Crippen LogP contribution in [0.15, 0.2) is 18.2 Å². The third kappa shape index (κ3) is 3.72. The van der Waals surface area contributed by atoms with E-state index < -0.39 is 0 Å². The number of nitrogens with one attached hydrogen (secondary N) is 1. The second-order valence-corrected chi connectivity index (χ2v) is 6.02. The monoisotopic (exact) mass is 279 g/mol. The molecule has 1 aliphatic rings. The molecule has 1 saturated carbocycles. The van der Waals surface area contributed by atoms with Crippen molar-refractivity contribution in [3.63, 3.8) is 0 Å². The molecule has 1 fully saturated rings. The number of hydrogen-bond donors (Lipinski definition) is 1. The molecule has 1 aromatic carbocycles. The highest BCUT2D eigenvalue weighted by Gasteiger charge is 2.28. The van der Waals surface area contributed by atoms with Gasteiger partial charge in [0.05, 0.1) is 7.11 Å². The lowest BCUT2D eigenvalue weighted by Gasteiger charge is -2.25. The van der Waals surface area contributed by atoms with Crippen molar-refractivity contribution in [1.29, 1.82) is 0 Å². The molecule has 0 spiro atoms. The molecule has 0 amide bonds. The van der Waals surface area contributed by atoms with Gasteiger partial charge in [-0.3, -0.25) is 0 Å². The van der Waals surface area contributed by atoms with Gasteiger partial charge in [0.15, 0.2) is 11.6 Å². The van der Waals surface area contributed by atoms with E-state index in [-0.39, 0.29) is 5.82 Å². The minimum atomic E-state index is -0.264. The standard InChI is InChI=1S/C17H26FNO/c1-4-19-16(14-7-5-12(2)9-14)11-13-6-8-17(20-3)15(18)10-13/h6,8,10,12,14,16,19H,4-5,7,9,11H2,1-3H3. The number of rotatable bonds is 6. The van der Waals surface area contributed by atoms with Gasteiger partial charge in [-0.05, 0) is 55.3 Å². The zero-order valence-corrected chi connectivity index (χ0v) is 12.8. The Morgan fingerprint density at radius 3 is 2.75 bits per heavy atom. The Bertz CT molecular complexity index is 435. The minimum Gasteiger partial charge on any atom is -0.494 e. The fourth-order valence-corrected chi connectivity index (χ4v) is 3.38. The molecule has 2 rings (SSSR count). The highest BCUT2D eigenvalue weighted by molar-refractivity contribution is 5.29. The summed E-state index contributed by atoms with van der Waals surface area (Å²) < 4.78 is 18.8. The molecule has 20 heavy (non-hydrogen) atoms. The number of benzene rings is 1. The van der Waals surface area contributed by atoms with Crippen LogP contribution in [-0.2, 0) is 6.42 Å². The second-order valence-electron chi connectivity index (χ2n) is 6.02. The minimum absolute atomic E-state index is 0.264. The zero-order chi connectivity index (χ0) is 14.5. The Balaban J connectivity index is 2.05. The van der Waals surface area contributed by atoms with Gasteiger partial charge >= 0.3 is 0 Å². The van der Waals surface area contributed by atoms with Crippen LogP contribution in [0.5, 0.6) is 5.75 Å². The molecule has 0 radical (unpaired) electrons. The molecule has 0 heterocycles. The molecule has 112 valence electrons. The van der Waals surface area contributed by atoms with Crippen molar-refractivity contribution in [3.05, 3.63) is 29.6 Å². The quantitative estimate of drug-likeness (QED) is 0.855. The third-order valence-electron chi connectivity index (χ3n) is 4.44. The summed E-state index contributed by atoms with van der Waals surface area (Å²) in [6.07, 6.45) is 4.80. The van der Waals surface area contributed by atoms with E-state index in [9.17, 15) is 4.39 Å². The van der Waals surface area contributed by atoms with Crippen LogP contribution in [0.2, 0.25) is 0 Å². The van der Waals surface area contributed by atoms with Crippen LogP contribution in [0.4, 0.5) is 4.39 Å². The molecule has 0 bridgehead atoms. The van der Waals surface area contributed by atoms with Crippen molar-refractivity contribution < 1.29 is 9.13 Å². The first kappa shape index (κ1) is 15.3. The Labute approximate surface area is 121 Å².